The van der Waals surface area contributed by atoms with Crippen molar-refractivity contribution in [2.24, 2.45) is 0 Å². The SMILES string of the molecule is Nc1ccc(F)cc1NC(=O)CS(=O)CC1CCCO1. The largest absolute Gasteiger partial charge is 0.397 e. The highest BCUT2D eigenvalue weighted by atomic mass is 32.2. The van der Waals surface area contributed by atoms with Crippen LogP contribution in [0.1, 0.15) is 12.8 Å². The van der Waals surface area contributed by atoms with Gasteiger partial charge in [0.25, 0.3) is 0 Å². The Morgan fingerprint density at radius 2 is 2.35 bits per heavy atom. The van der Waals surface area contributed by atoms with Gasteiger partial charge in [-0.15, -0.1) is 0 Å². The standard InChI is InChI=1S/C13H17FN2O3S/c14-9-3-4-11(15)12(6-9)16-13(17)8-20(18)7-10-2-1-5-19-10/h3-4,6,10H,1-2,5,7-8,15H2,(H,16,17). The Morgan fingerprint density at radius 3 is 3.05 bits per heavy atom. The highest BCUT2D eigenvalue weighted by molar-refractivity contribution is 7.85. The third-order valence-electron chi connectivity index (χ3n) is 2.98. The number of amides is 1. The van der Waals surface area contributed by atoms with E-state index in [9.17, 15) is 13.4 Å². The summed E-state index contributed by atoms with van der Waals surface area (Å²) in [6, 6.07) is 3.71. The molecule has 20 heavy (non-hydrogen) atoms. The van der Waals surface area contributed by atoms with Crippen LogP contribution in [0, 0.1) is 5.82 Å². The Hall–Kier alpha value is -1.47. The molecule has 3 N–H and O–H groups in total. The van der Waals surface area contributed by atoms with Crippen molar-refractivity contribution in [3.05, 3.63) is 24.0 Å². The molecule has 7 heteroatoms. The molecule has 0 aliphatic carbocycles. The van der Waals surface area contributed by atoms with Gasteiger partial charge in [0.1, 0.15) is 11.6 Å². The van der Waals surface area contributed by atoms with Crippen LogP contribution in [0.2, 0.25) is 0 Å². The molecule has 1 amide bonds. The normalized spacial score (nSPS) is 19.8. The van der Waals surface area contributed by atoms with Crippen molar-refractivity contribution in [1.82, 2.24) is 0 Å². The van der Waals surface area contributed by atoms with E-state index in [-0.39, 0.29) is 23.2 Å². The smallest absolute Gasteiger partial charge is 0.237 e. The number of nitrogen functional groups attached to an aromatic ring is 1. The van der Waals surface area contributed by atoms with E-state index in [1.165, 1.54) is 12.1 Å². The third-order valence-corrected chi connectivity index (χ3v) is 4.31. The molecule has 1 fully saturated rings. The first-order valence-corrected chi connectivity index (χ1v) is 7.85. The second-order valence-corrected chi connectivity index (χ2v) is 6.17. The van der Waals surface area contributed by atoms with Crippen LogP contribution >= 0.6 is 0 Å². The molecular formula is C13H17FN2O3S. The van der Waals surface area contributed by atoms with Crippen LogP contribution in [0.3, 0.4) is 0 Å². The molecule has 0 aromatic heterocycles. The molecule has 1 heterocycles. The van der Waals surface area contributed by atoms with Gasteiger partial charge in [-0.05, 0) is 31.0 Å². The lowest BCUT2D eigenvalue weighted by Crippen LogP contribution is -2.25. The van der Waals surface area contributed by atoms with E-state index in [0.717, 1.165) is 18.9 Å². The number of ether oxygens (including phenoxy) is 1. The first kappa shape index (κ1) is 14.9. The van der Waals surface area contributed by atoms with Crippen LogP contribution in [0.5, 0.6) is 0 Å². The minimum Gasteiger partial charge on any atom is -0.397 e. The highest BCUT2D eigenvalue weighted by Gasteiger charge is 2.20. The molecule has 0 saturated carbocycles. The van der Waals surface area contributed by atoms with Crippen molar-refractivity contribution in [2.45, 2.75) is 18.9 Å². The molecular weight excluding hydrogens is 283 g/mol. The Bertz CT molecular complexity index is 518. The summed E-state index contributed by atoms with van der Waals surface area (Å²) in [6.45, 7) is 0.688. The van der Waals surface area contributed by atoms with E-state index in [2.05, 4.69) is 5.32 Å². The van der Waals surface area contributed by atoms with E-state index in [4.69, 9.17) is 10.5 Å². The van der Waals surface area contributed by atoms with Gasteiger partial charge in [0.15, 0.2) is 0 Å². The molecule has 0 radical (unpaired) electrons. The van der Waals surface area contributed by atoms with Crippen molar-refractivity contribution in [2.75, 3.05) is 29.2 Å². The zero-order chi connectivity index (χ0) is 14.5. The van der Waals surface area contributed by atoms with Gasteiger partial charge in [0, 0.05) is 17.4 Å². The Labute approximate surface area is 119 Å². The summed E-state index contributed by atoms with van der Waals surface area (Å²) in [5, 5.41) is 2.47. The summed E-state index contributed by atoms with van der Waals surface area (Å²) in [7, 11) is -1.30. The second kappa shape index (κ2) is 6.81. The lowest BCUT2D eigenvalue weighted by molar-refractivity contribution is -0.113. The predicted octanol–water partition coefficient (Wildman–Crippen LogP) is 1.27. The number of benzene rings is 1. The van der Waals surface area contributed by atoms with Crippen molar-refractivity contribution in [3.8, 4) is 0 Å². The molecule has 1 aromatic carbocycles. The molecule has 2 rings (SSSR count). The molecule has 1 aliphatic heterocycles. The van der Waals surface area contributed by atoms with Crippen molar-refractivity contribution in [3.63, 3.8) is 0 Å². The number of hydrogen-bond donors (Lipinski definition) is 2. The highest BCUT2D eigenvalue weighted by Crippen LogP contribution is 2.19. The fourth-order valence-electron chi connectivity index (χ4n) is 2.01. The molecule has 5 nitrogen and oxygen atoms in total. The van der Waals surface area contributed by atoms with Gasteiger partial charge < -0.3 is 15.8 Å². The molecule has 1 saturated heterocycles. The summed E-state index contributed by atoms with van der Waals surface area (Å²) in [4.78, 5) is 11.7. The predicted molar refractivity (Wildman–Crippen MR) is 76.3 cm³/mol. The van der Waals surface area contributed by atoms with Gasteiger partial charge >= 0.3 is 0 Å². The Balaban J connectivity index is 1.85. The third kappa shape index (κ3) is 4.28. The maximum atomic E-state index is 13.0. The van der Waals surface area contributed by atoms with Gasteiger partial charge in [0.2, 0.25) is 5.91 Å². The van der Waals surface area contributed by atoms with Crippen LogP contribution in [0.15, 0.2) is 18.2 Å². The molecule has 110 valence electrons. The first-order valence-electron chi connectivity index (χ1n) is 6.36. The fourth-order valence-corrected chi connectivity index (χ4v) is 3.17. The lowest BCUT2D eigenvalue weighted by Gasteiger charge is -2.10. The number of nitrogens with one attached hydrogen (secondary N) is 1. The minimum absolute atomic E-state index is 0.0251. The summed E-state index contributed by atoms with van der Waals surface area (Å²) in [5.41, 5.74) is 6.09. The first-order chi connectivity index (χ1) is 9.54. The fraction of sp³-hybridized carbons (Fsp3) is 0.462. The quantitative estimate of drug-likeness (QED) is 0.803. The molecule has 0 spiro atoms. The maximum Gasteiger partial charge on any atom is 0.237 e. The number of halogens is 1. The van der Waals surface area contributed by atoms with Gasteiger partial charge in [-0.3, -0.25) is 9.00 Å². The van der Waals surface area contributed by atoms with Gasteiger partial charge in [-0.2, -0.15) is 0 Å². The molecule has 2 unspecified atom stereocenters. The topological polar surface area (TPSA) is 81.4 Å². The van der Waals surface area contributed by atoms with Crippen molar-refractivity contribution in [1.29, 1.82) is 0 Å². The Kier molecular flexibility index (Phi) is 5.08. The van der Waals surface area contributed by atoms with Gasteiger partial charge in [-0.25, -0.2) is 4.39 Å². The molecule has 1 aliphatic rings. The monoisotopic (exact) mass is 300 g/mol. The van der Waals surface area contributed by atoms with Crippen LogP contribution in [0.25, 0.3) is 0 Å². The average Bonchev–Trinajstić information content (AvgIpc) is 2.86. The van der Waals surface area contributed by atoms with E-state index < -0.39 is 22.5 Å². The number of nitrogens with two attached hydrogens (primary N) is 1. The van der Waals surface area contributed by atoms with Crippen LogP contribution in [-0.2, 0) is 20.3 Å². The number of anilines is 2. The second-order valence-electron chi connectivity index (χ2n) is 4.67. The van der Waals surface area contributed by atoms with E-state index in [1.807, 2.05) is 0 Å². The van der Waals surface area contributed by atoms with Crippen molar-refractivity contribution >= 4 is 28.1 Å². The molecule has 1 aromatic rings. The summed E-state index contributed by atoms with van der Waals surface area (Å²) >= 11 is 0. The van der Waals surface area contributed by atoms with Crippen molar-refractivity contribution < 1.29 is 18.1 Å². The number of carbonyl (C=O) groups excluding carboxylic acids is 1. The van der Waals surface area contributed by atoms with Crippen LogP contribution in [-0.4, -0.2) is 34.3 Å². The number of rotatable bonds is 5. The lowest BCUT2D eigenvalue weighted by atomic mass is 10.2. The summed E-state index contributed by atoms with van der Waals surface area (Å²) in [5.74, 6) is -0.726. The molecule has 2 atom stereocenters. The van der Waals surface area contributed by atoms with Crippen LogP contribution in [0.4, 0.5) is 15.8 Å². The zero-order valence-corrected chi connectivity index (χ0v) is 11.7. The summed E-state index contributed by atoms with van der Waals surface area (Å²) < 4.78 is 30.2. The van der Waals surface area contributed by atoms with Gasteiger partial charge in [0.05, 0.1) is 23.2 Å². The van der Waals surface area contributed by atoms with Gasteiger partial charge in [-0.1, -0.05) is 0 Å². The number of carbonyl (C=O) groups is 1. The van der Waals surface area contributed by atoms with E-state index in [0.29, 0.717) is 12.4 Å². The average molecular weight is 300 g/mol. The summed E-state index contributed by atoms with van der Waals surface area (Å²) in [6.07, 6.45) is 1.82. The van der Waals surface area contributed by atoms with E-state index >= 15 is 0 Å². The molecule has 0 bridgehead atoms. The maximum absolute atomic E-state index is 13.0. The number of hydrogen-bond acceptors (Lipinski definition) is 4. The van der Waals surface area contributed by atoms with Crippen LogP contribution < -0.4 is 11.1 Å². The zero-order valence-electron chi connectivity index (χ0n) is 10.9. The van der Waals surface area contributed by atoms with E-state index in [1.54, 1.807) is 0 Å². The Morgan fingerprint density at radius 1 is 1.55 bits per heavy atom. The minimum atomic E-state index is -1.30.